The Morgan fingerprint density at radius 2 is 2.19 bits per heavy atom. The van der Waals surface area contributed by atoms with Gasteiger partial charge in [-0.1, -0.05) is 25.5 Å². The molecular formula is C13H23N3. The second kappa shape index (κ2) is 5.85. The Labute approximate surface area is 98.5 Å². The van der Waals surface area contributed by atoms with Gasteiger partial charge in [0.15, 0.2) is 0 Å². The summed E-state index contributed by atoms with van der Waals surface area (Å²) >= 11 is 0. The summed E-state index contributed by atoms with van der Waals surface area (Å²) in [6, 6.07) is 0. The van der Waals surface area contributed by atoms with E-state index < -0.39 is 0 Å². The highest BCUT2D eigenvalue weighted by molar-refractivity contribution is 5.20. The van der Waals surface area contributed by atoms with Gasteiger partial charge in [0.1, 0.15) is 0 Å². The monoisotopic (exact) mass is 221 g/mol. The number of hydrogen-bond donors (Lipinski definition) is 1. The molecule has 0 fully saturated rings. The van der Waals surface area contributed by atoms with E-state index in [2.05, 4.69) is 50.4 Å². The Morgan fingerprint density at radius 3 is 2.75 bits per heavy atom. The number of nitrogens with zero attached hydrogens (tertiary/aromatic N) is 2. The number of hydrogen-bond acceptors (Lipinski definition) is 2. The molecular weight excluding hydrogens is 198 g/mol. The van der Waals surface area contributed by atoms with Crippen LogP contribution in [0.2, 0.25) is 0 Å². The van der Waals surface area contributed by atoms with Gasteiger partial charge in [-0.25, -0.2) is 0 Å². The maximum atomic E-state index is 4.49. The first-order valence-electron chi connectivity index (χ1n) is 5.87. The van der Waals surface area contributed by atoms with Gasteiger partial charge in [-0.15, -0.1) is 0 Å². The second-order valence-electron chi connectivity index (χ2n) is 4.78. The zero-order valence-corrected chi connectivity index (χ0v) is 11.0. The minimum Gasteiger partial charge on any atom is -0.309 e. The molecule has 0 atom stereocenters. The van der Waals surface area contributed by atoms with Crippen LogP contribution in [0.15, 0.2) is 17.8 Å². The number of aryl methyl sites for hydroxylation is 1. The Morgan fingerprint density at radius 1 is 1.50 bits per heavy atom. The van der Waals surface area contributed by atoms with Crippen LogP contribution in [0.1, 0.15) is 44.9 Å². The Bertz CT molecular complexity index is 357. The normalized spacial score (nSPS) is 10.9. The van der Waals surface area contributed by atoms with Crippen molar-refractivity contribution < 1.29 is 0 Å². The van der Waals surface area contributed by atoms with E-state index in [4.69, 9.17) is 0 Å². The van der Waals surface area contributed by atoms with Crippen molar-refractivity contribution in [1.82, 2.24) is 15.1 Å². The highest BCUT2D eigenvalue weighted by Crippen LogP contribution is 2.16. The van der Waals surface area contributed by atoms with E-state index in [1.165, 1.54) is 16.8 Å². The van der Waals surface area contributed by atoms with Crippen LogP contribution in [-0.4, -0.2) is 16.3 Å². The molecule has 3 heteroatoms. The van der Waals surface area contributed by atoms with Crippen LogP contribution in [0.4, 0.5) is 0 Å². The first kappa shape index (κ1) is 13.0. The van der Waals surface area contributed by atoms with Crippen LogP contribution >= 0.6 is 0 Å². The van der Waals surface area contributed by atoms with Crippen LogP contribution in [0, 0.1) is 0 Å². The average molecular weight is 221 g/mol. The molecule has 0 aliphatic carbocycles. The lowest BCUT2D eigenvalue weighted by atomic mass is 10.1. The summed E-state index contributed by atoms with van der Waals surface area (Å²) in [5.41, 5.74) is 3.86. The van der Waals surface area contributed by atoms with E-state index in [0.717, 1.165) is 13.1 Å². The summed E-state index contributed by atoms with van der Waals surface area (Å²) in [6.07, 6.45) is 4.30. The molecule has 0 aromatic carbocycles. The van der Waals surface area contributed by atoms with Crippen LogP contribution in [0.25, 0.3) is 0 Å². The first-order chi connectivity index (χ1) is 7.50. The van der Waals surface area contributed by atoms with Crippen molar-refractivity contribution in [3.63, 3.8) is 0 Å². The van der Waals surface area contributed by atoms with E-state index >= 15 is 0 Å². The first-order valence-corrected chi connectivity index (χ1v) is 5.87. The molecule has 0 saturated heterocycles. The summed E-state index contributed by atoms with van der Waals surface area (Å²) < 4.78 is 1.90. The minimum absolute atomic E-state index is 0.487. The van der Waals surface area contributed by atoms with Crippen LogP contribution in [0.5, 0.6) is 0 Å². The molecule has 1 aromatic rings. The molecule has 16 heavy (non-hydrogen) atoms. The highest BCUT2D eigenvalue weighted by Gasteiger charge is 2.10. The molecule has 1 aromatic heterocycles. The Hall–Kier alpha value is -1.09. The molecule has 0 spiro atoms. The molecule has 0 radical (unpaired) electrons. The summed E-state index contributed by atoms with van der Waals surface area (Å²) in [5, 5.41) is 7.90. The van der Waals surface area contributed by atoms with Gasteiger partial charge in [0.25, 0.3) is 0 Å². The third-order valence-corrected chi connectivity index (χ3v) is 2.45. The van der Waals surface area contributed by atoms with E-state index in [-0.39, 0.29) is 0 Å². The maximum Gasteiger partial charge on any atom is 0.0694 e. The smallest absolute Gasteiger partial charge is 0.0694 e. The van der Waals surface area contributed by atoms with Crippen molar-refractivity contribution >= 4 is 0 Å². The van der Waals surface area contributed by atoms with Crippen LogP contribution in [-0.2, 0) is 13.6 Å². The van der Waals surface area contributed by atoms with E-state index in [0.29, 0.717) is 5.92 Å². The van der Waals surface area contributed by atoms with Gasteiger partial charge in [-0.2, -0.15) is 5.10 Å². The molecule has 0 bridgehead atoms. The molecule has 0 saturated carbocycles. The lowest BCUT2D eigenvalue weighted by molar-refractivity contribution is 0.705. The van der Waals surface area contributed by atoms with Gasteiger partial charge >= 0.3 is 0 Å². The van der Waals surface area contributed by atoms with E-state index in [1.807, 2.05) is 11.7 Å². The predicted molar refractivity (Wildman–Crippen MR) is 68.4 cm³/mol. The van der Waals surface area contributed by atoms with Crippen LogP contribution in [0.3, 0.4) is 0 Å². The minimum atomic E-state index is 0.487. The molecule has 1 N–H and O–H groups in total. The zero-order valence-electron chi connectivity index (χ0n) is 11.0. The van der Waals surface area contributed by atoms with Crippen molar-refractivity contribution in [3.05, 3.63) is 29.1 Å². The Kier molecular flexibility index (Phi) is 4.74. The maximum absolute atomic E-state index is 4.49. The molecule has 1 rings (SSSR count). The summed E-state index contributed by atoms with van der Waals surface area (Å²) in [7, 11) is 1.98. The number of allylic oxidation sites excluding steroid dienone is 1. The summed E-state index contributed by atoms with van der Waals surface area (Å²) in [6.45, 7) is 10.4. The van der Waals surface area contributed by atoms with Gasteiger partial charge in [0, 0.05) is 31.9 Å². The Balaban J connectivity index is 2.56. The molecule has 1 heterocycles. The van der Waals surface area contributed by atoms with Crippen molar-refractivity contribution in [3.8, 4) is 0 Å². The lowest BCUT2D eigenvalue weighted by Gasteiger charge is -2.05. The predicted octanol–water partition coefficient (Wildman–Crippen LogP) is 2.60. The van der Waals surface area contributed by atoms with Crippen LogP contribution < -0.4 is 5.32 Å². The third kappa shape index (κ3) is 3.81. The fraction of sp³-hybridized carbons (Fsp3) is 0.615. The van der Waals surface area contributed by atoms with E-state index in [1.54, 1.807) is 0 Å². The lowest BCUT2D eigenvalue weighted by Crippen LogP contribution is -2.14. The van der Waals surface area contributed by atoms with Gasteiger partial charge in [0.2, 0.25) is 0 Å². The van der Waals surface area contributed by atoms with Crippen molar-refractivity contribution in [1.29, 1.82) is 0 Å². The standard InChI is InChI=1S/C13H23N3/c1-10(2)6-7-14-8-12-9-16(5)15-13(12)11(3)4/h6,9,11,14H,7-8H2,1-5H3. The quantitative estimate of drug-likeness (QED) is 0.612. The molecule has 0 amide bonds. The van der Waals surface area contributed by atoms with Crippen molar-refractivity contribution in [2.45, 2.75) is 40.2 Å². The second-order valence-corrected chi connectivity index (χ2v) is 4.78. The van der Waals surface area contributed by atoms with Gasteiger partial charge < -0.3 is 5.32 Å². The molecule has 3 nitrogen and oxygen atoms in total. The van der Waals surface area contributed by atoms with Gasteiger partial charge in [-0.05, 0) is 19.8 Å². The third-order valence-electron chi connectivity index (χ3n) is 2.45. The van der Waals surface area contributed by atoms with E-state index in [9.17, 15) is 0 Å². The molecule has 0 aliphatic rings. The number of nitrogens with one attached hydrogen (secondary N) is 1. The SMILES string of the molecule is CC(C)=CCNCc1cn(C)nc1C(C)C. The zero-order chi connectivity index (χ0) is 12.1. The summed E-state index contributed by atoms with van der Waals surface area (Å²) in [5.74, 6) is 0.487. The van der Waals surface area contributed by atoms with Crippen molar-refractivity contribution in [2.75, 3.05) is 6.54 Å². The highest BCUT2D eigenvalue weighted by atomic mass is 15.3. The average Bonchev–Trinajstić information content (AvgIpc) is 2.54. The van der Waals surface area contributed by atoms with Gasteiger partial charge in [0.05, 0.1) is 5.69 Å². The molecule has 0 unspecified atom stereocenters. The largest absolute Gasteiger partial charge is 0.309 e. The summed E-state index contributed by atoms with van der Waals surface area (Å²) in [4.78, 5) is 0. The number of aromatic nitrogens is 2. The molecule has 90 valence electrons. The number of rotatable bonds is 5. The van der Waals surface area contributed by atoms with Gasteiger partial charge in [-0.3, -0.25) is 4.68 Å². The molecule has 0 aliphatic heterocycles. The van der Waals surface area contributed by atoms with Crippen molar-refractivity contribution in [2.24, 2.45) is 7.05 Å². The topological polar surface area (TPSA) is 29.9 Å². The fourth-order valence-electron chi connectivity index (χ4n) is 1.66. The fourth-order valence-corrected chi connectivity index (χ4v) is 1.66.